The predicted molar refractivity (Wildman–Crippen MR) is 59.3 cm³/mol. The number of phosphoric acid groups is 2. The van der Waals surface area contributed by atoms with Crippen LogP contribution in [-0.4, -0.2) is 171 Å². The topological polar surface area (TPSA) is 124 Å². The van der Waals surface area contributed by atoms with Gasteiger partial charge in [-0.15, -0.1) is 0 Å². The summed E-state index contributed by atoms with van der Waals surface area (Å²) in [7, 11) is -10.1. The molecule has 0 radical (unpaired) electrons. The van der Waals surface area contributed by atoms with Crippen molar-refractivity contribution in [2.24, 2.45) is 0 Å². The molecule has 0 aromatic rings. The first-order valence-corrected chi connectivity index (χ1v) is 4.59. The third-order valence-corrected chi connectivity index (χ3v) is 1.91. The molecular formula is H12Ca4O7P2. The van der Waals surface area contributed by atoms with Crippen molar-refractivity contribution < 1.29 is 33.0 Å². The van der Waals surface area contributed by atoms with Crippen molar-refractivity contribution in [3.05, 3.63) is 0 Å². The molecule has 72 valence electrons. The maximum absolute atomic E-state index is 9.63. The number of rotatable bonds is 2. The zero-order valence-corrected chi connectivity index (χ0v) is 5.70. The summed E-state index contributed by atoms with van der Waals surface area (Å²) >= 11 is 0. The van der Waals surface area contributed by atoms with Crippen LogP contribution in [0.2, 0.25) is 0 Å². The van der Waals surface area contributed by atoms with Crippen LogP contribution in [0, 0.1) is 0 Å². The fourth-order valence-electron chi connectivity index (χ4n) is 0.139. The molecule has 0 fully saturated rings. The molecule has 0 aliphatic heterocycles. The molecule has 0 spiro atoms. The van der Waals surface area contributed by atoms with Crippen LogP contribution in [-0.2, 0) is 13.4 Å². The molecule has 7 nitrogen and oxygen atoms in total. The molecule has 0 saturated carbocycles. The molecule has 0 aromatic heterocycles. The molecule has 0 bridgehead atoms. The maximum atomic E-state index is 9.63. The normalized spacial score (nSPS) is 9.54. The fraction of sp³-hybridized carbons (Fsp3) is 0. The van der Waals surface area contributed by atoms with Crippen molar-refractivity contribution in [1.82, 2.24) is 0 Å². The van der Waals surface area contributed by atoms with Gasteiger partial charge < -0.3 is 19.6 Å². The van der Waals surface area contributed by atoms with Crippen molar-refractivity contribution >= 4 is 167 Å². The summed E-state index contributed by atoms with van der Waals surface area (Å²) < 4.78 is 22.2. The van der Waals surface area contributed by atoms with Crippen LogP contribution in [0.4, 0.5) is 0 Å². The van der Waals surface area contributed by atoms with E-state index < -0.39 is 15.6 Å². The van der Waals surface area contributed by atoms with Gasteiger partial charge in [-0.1, -0.05) is 0 Å². The first-order valence-electron chi connectivity index (χ1n) is 1.53. The molecule has 0 saturated heterocycles. The van der Waals surface area contributed by atoms with Crippen LogP contribution in [0.15, 0.2) is 0 Å². The summed E-state index contributed by atoms with van der Waals surface area (Å²) in [6.45, 7) is 0. The van der Waals surface area contributed by atoms with Gasteiger partial charge in [0, 0.05) is 0 Å². The molecule has 13 heteroatoms. The van der Waals surface area contributed by atoms with Gasteiger partial charge in [-0.25, -0.2) is 9.13 Å². The van der Waals surface area contributed by atoms with E-state index in [1.165, 1.54) is 0 Å². The Morgan fingerprint density at radius 1 is 0.692 bits per heavy atom. The molecule has 0 aromatic carbocycles. The third-order valence-electron chi connectivity index (χ3n) is 0.213. The summed E-state index contributed by atoms with van der Waals surface area (Å²) in [4.78, 5) is 31.0. The van der Waals surface area contributed by atoms with E-state index in [1.807, 2.05) is 0 Å². The molecule has 0 heterocycles. The van der Waals surface area contributed by atoms with Gasteiger partial charge in [0.1, 0.15) is 0 Å². The van der Waals surface area contributed by atoms with E-state index in [4.69, 9.17) is 19.6 Å². The molecule has 0 aliphatic rings. The molecule has 4 N–H and O–H groups in total. The molecule has 0 atom stereocenters. The van der Waals surface area contributed by atoms with Gasteiger partial charge in [0.15, 0.2) is 0 Å². The Morgan fingerprint density at radius 2 is 0.846 bits per heavy atom. The van der Waals surface area contributed by atoms with Crippen LogP contribution < -0.4 is 0 Å². The Morgan fingerprint density at radius 3 is 0.846 bits per heavy atom. The third kappa shape index (κ3) is 31.7. The van der Waals surface area contributed by atoms with Crippen LogP contribution in [0.5, 0.6) is 0 Å². The standard InChI is InChI=1S/4Ca.H4O7P2.8H/c;;;;1-8(2,3)7-9(4,5)6;;;;;;;;/h;;;;(H2,1,2,3)(H2,4,5,6);;;;;;;;. The Labute approximate surface area is 194 Å². The zero-order chi connectivity index (χ0) is 7.71. The quantitative estimate of drug-likeness (QED) is 0.294. The van der Waals surface area contributed by atoms with E-state index in [0.717, 1.165) is 0 Å². The molecular weight excluding hydrogens is 334 g/mol. The predicted octanol–water partition coefficient (Wildman–Crippen LogP) is -4.48. The average Bonchev–Trinajstić information content (AvgIpc) is 1.14. The summed E-state index contributed by atoms with van der Waals surface area (Å²) in [6.07, 6.45) is 0. The monoisotopic (exact) mass is 346 g/mol. The second-order valence-electron chi connectivity index (χ2n) is 1.06. The van der Waals surface area contributed by atoms with Gasteiger partial charge in [-0.05, 0) is 0 Å². The van der Waals surface area contributed by atoms with Gasteiger partial charge >= 0.3 is 167 Å². The molecule has 0 unspecified atom stereocenters. The van der Waals surface area contributed by atoms with Gasteiger partial charge in [0.05, 0.1) is 0 Å². The SMILES string of the molecule is O=P(O)(O)OP(=O)(O)O.[CaH2].[CaH2].[CaH2].[CaH2]. The number of hydrogen-bond donors (Lipinski definition) is 4. The molecule has 0 rings (SSSR count). The first kappa shape index (κ1) is 31.0. The summed E-state index contributed by atoms with van der Waals surface area (Å²) in [5.41, 5.74) is 0. The van der Waals surface area contributed by atoms with Crippen molar-refractivity contribution in [3.8, 4) is 0 Å². The first-order chi connectivity index (χ1) is 3.71. The summed E-state index contributed by atoms with van der Waals surface area (Å²) in [5.74, 6) is 0. The van der Waals surface area contributed by atoms with E-state index in [0.29, 0.717) is 0 Å². The Bertz CT molecular complexity index is 159. The van der Waals surface area contributed by atoms with E-state index >= 15 is 0 Å². The Hall–Kier alpha value is 5.30. The van der Waals surface area contributed by atoms with E-state index in [2.05, 4.69) is 4.31 Å². The van der Waals surface area contributed by atoms with Gasteiger partial charge in [-0.2, -0.15) is 4.31 Å². The molecule has 13 heavy (non-hydrogen) atoms. The average molecular weight is 346 g/mol. The van der Waals surface area contributed by atoms with Crippen LogP contribution in [0.25, 0.3) is 0 Å². The minimum absolute atomic E-state index is 0. The van der Waals surface area contributed by atoms with E-state index in [-0.39, 0.29) is 151 Å². The minimum atomic E-state index is -5.05. The summed E-state index contributed by atoms with van der Waals surface area (Å²) in [5, 5.41) is 0. The van der Waals surface area contributed by atoms with Gasteiger partial charge in [-0.3, -0.25) is 0 Å². The fourth-order valence-corrected chi connectivity index (χ4v) is 1.25. The zero-order valence-electron chi connectivity index (χ0n) is 3.91. The van der Waals surface area contributed by atoms with E-state index in [9.17, 15) is 9.13 Å². The van der Waals surface area contributed by atoms with Crippen molar-refractivity contribution in [2.75, 3.05) is 0 Å². The summed E-state index contributed by atoms with van der Waals surface area (Å²) in [6, 6.07) is 0. The van der Waals surface area contributed by atoms with Gasteiger partial charge in [0.25, 0.3) is 0 Å². The second kappa shape index (κ2) is 13.7. The Kier molecular flexibility index (Phi) is 32.7. The molecule has 0 amide bonds. The second-order valence-corrected chi connectivity index (χ2v) is 3.68. The van der Waals surface area contributed by atoms with E-state index in [1.54, 1.807) is 0 Å². The molecule has 0 aliphatic carbocycles. The van der Waals surface area contributed by atoms with Crippen LogP contribution >= 0.6 is 15.6 Å². The van der Waals surface area contributed by atoms with Crippen molar-refractivity contribution in [3.63, 3.8) is 0 Å². The van der Waals surface area contributed by atoms with Gasteiger partial charge in [0.2, 0.25) is 0 Å². The van der Waals surface area contributed by atoms with Crippen molar-refractivity contribution in [2.45, 2.75) is 0 Å². The number of hydrogen-bond acceptors (Lipinski definition) is 3. The van der Waals surface area contributed by atoms with Crippen LogP contribution in [0.1, 0.15) is 0 Å². The van der Waals surface area contributed by atoms with Crippen molar-refractivity contribution in [1.29, 1.82) is 0 Å². The Balaban J connectivity index is -0.0000000533. The van der Waals surface area contributed by atoms with Crippen LogP contribution in [0.3, 0.4) is 0 Å².